The summed E-state index contributed by atoms with van der Waals surface area (Å²) in [5.74, 6) is -1.68. The number of hydrogen-bond donors (Lipinski definition) is 2. The molecule has 0 radical (unpaired) electrons. The fourth-order valence-electron chi connectivity index (χ4n) is 4.82. The predicted molar refractivity (Wildman–Crippen MR) is 143 cm³/mol. The first kappa shape index (κ1) is 29.1. The minimum atomic E-state index is -1.26. The summed E-state index contributed by atoms with van der Waals surface area (Å²) in [6, 6.07) is 0. The quantitative estimate of drug-likeness (QED) is 0.557. The lowest BCUT2D eigenvalue weighted by atomic mass is 9.73. The zero-order valence-electron chi connectivity index (χ0n) is 22.6. The maximum atomic E-state index is 13.3. The van der Waals surface area contributed by atoms with E-state index in [-0.39, 0.29) is 18.1 Å². The molecule has 3 heterocycles. The number of esters is 1. The molecule has 0 saturated heterocycles. The number of aryl methyl sites for hydroxylation is 2. The molecule has 202 valence electrons. The summed E-state index contributed by atoms with van der Waals surface area (Å²) in [4.78, 5) is 39.5. The molecular formula is C28H39N3O5S. The molecule has 0 amide bonds. The van der Waals surface area contributed by atoms with Crippen molar-refractivity contribution in [1.29, 1.82) is 0 Å². The van der Waals surface area contributed by atoms with E-state index in [2.05, 4.69) is 15.0 Å². The second kappa shape index (κ2) is 12.4. The smallest absolute Gasteiger partial charge is 0.309 e. The number of fused-ring (bicyclic) bond motifs is 1. The Morgan fingerprint density at radius 3 is 2.62 bits per heavy atom. The number of nitrogens with zero attached hydrogens (tertiary/aromatic N) is 3. The van der Waals surface area contributed by atoms with Gasteiger partial charge < -0.3 is 14.9 Å². The first-order chi connectivity index (χ1) is 17.4. The monoisotopic (exact) mass is 529 g/mol. The summed E-state index contributed by atoms with van der Waals surface area (Å²) in [5.41, 5.74) is 2.12. The van der Waals surface area contributed by atoms with Gasteiger partial charge in [0.1, 0.15) is 18.2 Å². The Hall–Kier alpha value is -2.49. The highest BCUT2D eigenvalue weighted by Gasteiger charge is 2.42. The molecule has 0 unspecified atom stereocenters. The summed E-state index contributed by atoms with van der Waals surface area (Å²) < 4.78 is 5.90. The average molecular weight is 530 g/mol. The minimum Gasteiger partial charge on any atom is -0.457 e. The molecule has 0 fully saturated rings. The van der Waals surface area contributed by atoms with E-state index in [9.17, 15) is 19.8 Å². The van der Waals surface area contributed by atoms with Crippen LogP contribution in [0.3, 0.4) is 0 Å². The zero-order valence-corrected chi connectivity index (χ0v) is 23.4. The fraction of sp³-hybridized carbons (Fsp3) is 0.607. The van der Waals surface area contributed by atoms with Gasteiger partial charge in [-0.2, -0.15) is 0 Å². The third kappa shape index (κ3) is 7.30. The molecule has 9 heteroatoms. The molecule has 0 aliphatic carbocycles. The van der Waals surface area contributed by atoms with Crippen LogP contribution in [0.2, 0.25) is 0 Å². The molecular weight excluding hydrogens is 490 g/mol. The average Bonchev–Trinajstić information content (AvgIpc) is 3.26. The van der Waals surface area contributed by atoms with Crippen LogP contribution in [0.1, 0.15) is 75.8 Å². The lowest BCUT2D eigenvalue weighted by Crippen LogP contribution is -2.45. The number of rotatable bonds is 2. The number of carbonyl (C=O) groups is 2. The summed E-state index contributed by atoms with van der Waals surface area (Å²) in [6.07, 6.45) is 4.65. The van der Waals surface area contributed by atoms with Crippen molar-refractivity contribution in [3.05, 3.63) is 45.4 Å². The maximum absolute atomic E-state index is 13.3. The molecule has 0 saturated carbocycles. The second-order valence-electron chi connectivity index (χ2n) is 10.8. The summed E-state index contributed by atoms with van der Waals surface area (Å²) in [6.45, 7) is 10.7. The molecule has 2 aromatic heterocycles. The van der Waals surface area contributed by atoms with Crippen LogP contribution >= 0.6 is 11.3 Å². The van der Waals surface area contributed by atoms with Gasteiger partial charge in [0.15, 0.2) is 0 Å². The molecule has 0 spiro atoms. The zero-order chi connectivity index (χ0) is 27.3. The Morgan fingerprint density at radius 2 is 1.95 bits per heavy atom. The second-order valence-corrected chi connectivity index (χ2v) is 11.9. The minimum absolute atomic E-state index is 0.114. The van der Waals surface area contributed by atoms with Crippen molar-refractivity contribution in [2.24, 2.45) is 17.3 Å². The van der Waals surface area contributed by atoms with Crippen molar-refractivity contribution < 1.29 is 24.5 Å². The molecule has 1 aliphatic heterocycles. The van der Waals surface area contributed by atoms with Crippen LogP contribution in [-0.2, 0) is 27.2 Å². The Bertz CT molecular complexity index is 1130. The van der Waals surface area contributed by atoms with Gasteiger partial charge in [-0.15, -0.1) is 11.3 Å². The van der Waals surface area contributed by atoms with Crippen molar-refractivity contribution in [2.75, 3.05) is 0 Å². The fourth-order valence-corrected chi connectivity index (χ4v) is 5.39. The lowest BCUT2D eigenvalue weighted by Gasteiger charge is -2.34. The summed E-state index contributed by atoms with van der Waals surface area (Å²) in [5, 5.41) is 24.7. The van der Waals surface area contributed by atoms with Crippen molar-refractivity contribution in [3.63, 3.8) is 0 Å². The number of Topliss-reactive ketones (excluding diaryl/α,β-unsaturated/α-hetero) is 1. The van der Waals surface area contributed by atoms with Crippen LogP contribution in [0.4, 0.5) is 0 Å². The molecule has 2 aromatic rings. The largest absolute Gasteiger partial charge is 0.457 e. The van der Waals surface area contributed by atoms with Crippen LogP contribution in [0.25, 0.3) is 6.08 Å². The Balaban J connectivity index is 1.97. The molecule has 5 atom stereocenters. The number of cyclic esters (lactones) is 1. The number of aliphatic hydroxyl groups excluding tert-OH is 2. The number of ketones is 1. The van der Waals surface area contributed by atoms with Crippen LogP contribution in [-0.4, -0.2) is 55.2 Å². The van der Waals surface area contributed by atoms with E-state index in [1.807, 2.05) is 32.2 Å². The molecule has 0 aromatic carbocycles. The van der Waals surface area contributed by atoms with Crippen LogP contribution in [0, 0.1) is 24.2 Å². The summed E-state index contributed by atoms with van der Waals surface area (Å²) in [7, 11) is 0. The van der Waals surface area contributed by atoms with Crippen LogP contribution in [0.15, 0.2) is 23.5 Å². The van der Waals surface area contributed by atoms with E-state index >= 15 is 0 Å². The highest BCUT2D eigenvalue weighted by atomic mass is 32.1. The van der Waals surface area contributed by atoms with Gasteiger partial charge in [-0.25, -0.2) is 15.0 Å². The maximum Gasteiger partial charge on any atom is 0.309 e. The molecule has 8 nitrogen and oxygen atoms in total. The van der Waals surface area contributed by atoms with Gasteiger partial charge in [0.05, 0.1) is 40.4 Å². The highest BCUT2D eigenvalue weighted by molar-refractivity contribution is 7.09. The van der Waals surface area contributed by atoms with E-state index in [0.717, 1.165) is 40.4 Å². The van der Waals surface area contributed by atoms with E-state index in [1.165, 1.54) is 6.33 Å². The lowest BCUT2D eigenvalue weighted by molar-refractivity contribution is -0.154. The topological polar surface area (TPSA) is 123 Å². The van der Waals surface area contributed by atoms with E-state index in [1.54, 1.807) is 38.3 Å². The van der Waals surface area contributed by atoms with Gasteiger partial charge in [-0.3, -0.25) is 9.59 Å². The van der Waals surface area contributed by atoms with E-state index < -0.39 is 35.6 Å². The number of hydrogen-bond acceptors (Lipinski definition) is 9. The number of aromatic nitrogens is 3. The van der Waals surface area contributed by atoms with Crippen molar-refractivity contribution in [3.8, 4) is 0 Å². The normalized spacial score (nSPS) is 28.4. The molecule has 3 rings (SSSR count). The van der Waals surface area contributed by atoms with E-state index in [4.69, 9.17) is 4.74 Å². The van der Waals surface area contributed by atoms with Gasteiger partial charge in [0.25, 0.3) is 0 Å². The van der Waals surface area contributed by atoms with Crippen molar-refractivity contribution in [2.45, 2.75) is 92.0 Å². The van der Waals surface area contributed by atoms with Crippen molar-refractivity contribution >= 4 is 29.2 Å². The number of thiazole rings is 1. The van der Waals surface area contributed by atoms with E-state index in [0.29, 0.717) is 12.8 Å². The van der Waals surface area contributed by atoms with Gasteiger partial charge in [-0.05, 0) is 56.2 Å². The Morgan fingerprint density at radius 1 is 1.22 bits per heavy atom. The highest BCUT2D eigenvalue weighted by Crippen LogP contribution is 2.32. The van der Waals surface area contributed by atoms with Crippen molar-refractivity contribution in [1.82, 2.24) is 15.0 Å². The Kier molecular flexibility index (Phi) is 9.72. The van der Waals surface area contributed by atoms with Gasteiger partial charge in [-0.1, -0.05) is 27.7 Å². The van der Waals surface area contributed by atoms with Gasteiger partial charge in [0, 0.05) is 23.9 Å². The molecule has 2 N–H and O–H groups in total. The van der Waals surface area contributed by atoms with Gasteiger partial charge in [0.2, 0.25) is 0 Å². The third-order valence-corrected chi connectivity index (χ3v) is 8.29. The number of aliphatic hydroxyl groups is 2. The SMILES string of the molecule is CC(=Cc1csc(C)n1)[C@@H]1Cc2ncncc2CCC[C@H](C)[C@H](O)[C@@H](C)C(=O)C(C)(C)[C@@H](O)CC(=O)O1. The molecule has 37 heavy (non-hydrogen) atoms. The number of carbonyl (C=O) groups excluding carboxylic acids is 2. The standard InChI is InChI=1S/C28H39N3O5S/c1-16-8-7-9-20-13-29-15-30-22(20)11-23(17(2)10-21-14-37-19(4)31-21)36-25(33)12-24(32)28(5,6)27(35)18(3)26(16)34/h10,13-16,18,23-24,26,32,34H,7-9,11-12H2,1-6H3/t16-,18+,23-,24-,26-/m0/s1. The third-order valence-electron chi connectivity index (χ3n) is 7.50. The number of ether oxygens (including phenoxy) is 1. The predicted octanol–water partition coefficient (Wildman–Crippen LogP) is 4.12. The Labute approximate surface area is 223 Å². The first-order valence-electron chi connectivity index (χ1n) is 12.9. The molecule has 1 aliphatic rings. The summed E-state index contributed by atoms with van der Waals surface area (Å²) >= 11 is 1.54. The van der Waals surface area contributed by atoms with Crippen LogP contribution in [0.5, 0.6) is 0 Å². The van der Waals surface area contributed by atoms with Gasteiger partial charge >= 0.3 is 5.97 Å². The first-order valence-corrected chi connectivity index (χ1v) is 13.8. The molecule has 0 bridgehead atoms. The van der Waals surface area contributed by atoms with Crippen LogP contribution < -0.4 is 0 Å².